The number of hydrogen-bond donors (Lipinski definition) is 1. The Kier molecular flexibility index (Phi) is 6.03. The highest BCUT2D eigenvalue weighted by molar-refractivity contribution is 5.01. The van der Waals surface area contributed by atoms with Gasteiger partial charge in [0.1, 0.15) is 0 Å². The van der Waals surface area contributed by atoms with E-state index >= 15 is 0 Å². The minimum atomic E-state index is -0.331. The normalized spacial score (nSPS) is 36.8. The van der Waals surface area contributed by atoms with E-state index in [-0.39, 0.29) is 6.10 Å². The van der Waals surface area contributed by atoms with Crippen LogP contribution < -0.4 is 0 Å². The van der Waals surface area contributed by atoms with E-state index in [4.69, 9.17) is 4.74 Å². The van der Waals surface area contributed by atoms with Gasteiger partial charge in [0.15, 0.2) is 0 Å². The van der Waals surface area contributed by atoms with Crippen molar-refractivity contribution in [3.8, 4) is 0 Å². The van der Waals surface area contributed by atoms with Gasteiger partial charge in [-0.05, 0) is 87.6 Å². The molecule has 0 spiro atoms. The molecule has 4 bridgehead atoms. The van der Waals surface area contributed by atoms with Crippen LogP contribution in [0.25, 0.3) is 0 Å². The predicted octanol–water partition coefficient (Wildman–Crippen LogP) is 3.70. The molecular formula is C20H37NO2. The quantitative estimate of drug-likeness (QED) is 0.665. The summed E-state index contributed by atoms with van der Waals surface area (Å²) in [4.78, 5) is 2.37. The van der Waals surface area contributed by atoms with Crippen LogP contribution in [0.2, 0.25) is 0 Å². The Hall–Kier alpha value is -0.120. The molecule has 0 aromatic heterocycles. The van der Waals surface area contributed by atoms with E-state index < -0.39 is 0 Å². The van der Waals surface area contributed by atoms with E-state index in [1.807, 2.05) is 0 Å². The van der Waals surface area contributed by atoms with Gasteiger partial charge in [-0.1, -0.05) is 13.8 Å². The van der Waals surface area contributed by atoms with Gasteiger partial charge in [-0.25, -0.2) is 0 Å². The highest BCUT2D eigenvalue weighted by atomic mass is 16.5. The lowest BCUT2D eigenvalue weighted by Gasteiger charge is -2.56. The van der Waals surface area contributed by atoms with Gasteiger partial charge in [-0.15, -0.1) is 0 Å². The van der Waals surface area contributed by atoms with Crippen molar-refractivity contribution in [3.05, 3.63) is 0 Å². The topological polar surface area (TPSA) is 32.7 Å². The second-order valence-electron chi connectivity index (χ2n) is 8.89. The SMILES string of the molecule is CCCN(CCC)CC(O)COCC12CC3CC(CC(C3)C1)C2. The second kappa shape index (κ2) is 7.84. The monoisotopic (exact) mass is 323 g/mol. The summed E-state index contributed by atoms with van der Waals surface area (Å²) in [6.45, 7) is 8.76. The van der Waals surface area contributed by atoms with Gasteiger partial charge >= 0.3 is 0 Å². The van der Waals surface area contributed by atoms with Crippen LogP contribution in [-0.2, 0) is 4.74 Å². The van der Waals surface area contributed by atoms with Gasteiger partial charge < -0.3 is 14.7 Å². The van der Waals surface area contributed by atoms with Crippen molar-refractivity contribution < 1.29 is 9.84 Å². The molecule has 3 nitrogen and oxygen atoms in total. The Morgan fingerprint density at radius 1 is 1.00 bits per heavy atom. The van der Waals surface area contributed by atoms with Crippen molar-refractivity contribution in [3.63, 3.8) is 0 Å². The van der Waals surface area contributed by atoms with E-state index in [2.05, 4.69) is 18.7 Å². The van der Waals surface area contributed by atoms with E-state index in [0.717, 1.165) is 56.8 Å². The molecule has 0 aromatic carbocycles. The lowest BCUT2D eigenvalue weighted by Crippen LogP contribution is -2.48. The van der Waals surface area contributed by atoms with Crippen LogP contribution in [0, 0.1) is 23.2 Å². The number of aliphatic hydroxyl groups is 1. The third-order valence-electron chi connectivity index (χ3n) is 6.43. The van der Waals surface area contributed by atoms with Crippen molar-refractivity contribution in [1.82, 2.24) is 4.90 Å². The highest BCUT2D eigenvalue weighted by Gasteiger charge is 2.50. The summed E-state index contributed by atoms with van der Waals surface area (Å²) < 4.78 is 6.06. The average Bonchev–Trinajstić information content (AvgIpc) is 2.46. The van der Waals surface area contributed by atoms with Crippen LogP contribution in [0.4, 0.5) is 0 Å². The summed E-state index contributed by atoms with van der Waals surface area (Å²) in [6.07, 6.45) is 10.6. The molecule has 23 heavy (non-hydrogen) atoms. The Balaban J connectivity index is 1.40. The zero-order valence-corrected chi connectivity index (χ0v) is 15.3. The van der Waals surface area contributed by atoms with Crippen LogP contribution in [0.15, 0.2) is 0 Å². The van der Waals surface area contributed by atoms with Gasteiger partial charge in [0.2, 0.25) is 0 Å². The number of nitrogens with zero attached hydrogens (tertiary/aromatic N) is 1. The number of aliphatic hydroxyl groups excluding tert-OH is 1. The molecular weight excluding hydrogens is 286 g/mol. The van der Waals surface area contributed by atoms with Gasteiger partial charge in [0.25, 0.3) is 0 Å². The average molecular weight is 324 g/mol. The molecule has 0 amide bonds. The molecule has 4 aliphatic carbocycles. The zero-order valence-electron chi connectivity index (χ0n) is 15.3. The molecule has 1 N–H and O–H groups in total. The zero-order chi connectivity index (χ0) is 16.3. The minimum absolute atomic E-state index is 0.331. The predicted molar refractivity (Wildman–Crippen MR) is 94.5 cm³/mol. The fourth-order valence-electron chi connectivity index (χ4n) is 6.16. The third kappa shape index (κ3) is 4.49. The number of hydrogen-bond acceptors (Lipinski definition) is 3. The van der Waals surface area contributed by atoms with Crippen molar-refractivity contribution in [2.45, 2.75) is 71.3 Å². The molecule has 4 saturated carbocycles. The first-order valence-electron chi connectivity index (χ1n) is 10.1. The van der Waals surface area contributed by atoms with Crippen molar-refractivity contribution >= 4 is 0 Å². The highest BCUT2D eigenvalue weighted by Crippen LogP contribution is 2.60. The van der Waals surface area contributed by atoms with Crippen LogP contribution in [0.5, 0.6) is 0 Å². The first-order valence-corrected chi connectivity index (χ1v) is 10.1. The Morgan fingerprint density at radius 3 is 2.00 bits per heavy atom. The van der Waals surface area contributed by atoms with Gasteiger partial charge in [0.05, 0.1) is 19.3 Å². The summed E-state index contributed by atoms with van der Waals surface area (Å²) in [7, 11) is 0. The molecule has 1 atom stereocenters. The summed E-state index contributed by atoms with van der Waals surface area (Å²) in [5.74, 6) is 2.96. The molecule has 3 heteroatoms. The maximum Gasteiger partial charge on any atom is 0.0900 e. The second-order valence-corrected chi connectivity index (χ2v) is 8.89. The standard InChI is InChI=1S/C20H37NO2/c1-3-5-21(6-4-2)13-19(22)14-23-15-20-10-16-7-17(11-20)9-18(8-16)12-20/h16-19,22H,3-15H2,1-2H3. The molecule has 4 fully saturated rings. The maximum atomic E-state index is 10.3. The number of rotatable bonds is 10. The first-order chi connectivity index (χ1) is 11.1. The lowest BCUT2D eigenvalue weighted by molar-refractivity contribution is -0.107. The van der Waals surface area contributed by atoms with Crippen LogP contribution in [0.3, 0.4) is 0 Å². The summed E-state index contributed by atoms with van der Waals surface area (Å²) in [5, 5.41) is 10.3. The molecule has 0 saturated heterocycles. The molecule has 0 aliphatic heterocycles. The van der Waals surface area contributed by atoms with Crippen molar-refractivity contribution in [1.29, 1.82) is 0 Å². The van der Waals surface area contributed by atoms with E-state index in [1.54, 1.807) is 0 Å². The van der Waals surface area contributed by atoms with Crippen LogP contribution in [-0.4, -0.2) is 49.0 Å². The third-order valence-corrected chi connectivity index (χ3v) is 6.43. The summed E-state index contributed by atoms with van der Waals surface area (Å²) in [5.41, 5.74) is 0.473. The molecule has 134 valence electrons. The molecule has 0 radical (unpaired) electrons. The van der Waals surface area contributed by atoms with E-state index in [1.165, 1.54) is 38.5 Å². The van der Waals surface area contributed by atoms with Gasteiger partial charge in [0, 0.05) is 6.54 Å². The molecule has 4 rings (SSSR count). The smallest absolute Gasteiger partial charge is 0.0900 e. The maximum absolute atomic E-state index is 10.3. The number of ether oxygens (including phenoxy) is 1. The fourth-order valence-corrected chi connectivity index (χ4v) is 6.16. The van der Waals surface area contributed by atoms with Gasteiger partial charge in [-0.3, -0.25) is 0 Å². The van der Waals surface area contributed by atoms with Crippen LogP contribution in [0.1, 0.15) is 65.2 Å². The Labute approximate surface area is 142 Å². The summed E-state index contributed by atoms with van der Waals surface area (Å²) in [6, 6.07) is 0. The molecule has 4 aliphatic rings. The Morgan fingerprint density at radius 2 is 1.52 bits per heavy atom. The van der Waals surface area contributed by atoms with Crippen molar-refractivity contribution in [2.24, 2.45) is 23.2 Å². The largest absolute Gasteiger partial charge is 0.389 e. The summed E-state index contributed by atoms with van der Waals surface area (Å²) >= 11 is 0. The molecule has 1 unspecified atom stereocenters. The van der Waals surface area contributed by atoms with E-state index in [0.29, 0.717) is 12.0 Å². The molecule has 0 heterocycles. The Bertz CT molecular complexity index is 329. The lowest BCUT2D eigenvalue weighted by atomic mass is 9.50. The van der Waals surface area contributed by atoms with Crippen LogP contribution >= 0.6 is 0 Å². The minimum Gasteiger partial charge on any atom is -0.389 e. The van der Waals surface area contributed by atoms with Crippen molar-refractivity contribution in [2.75, 3.05) is 32.8 Å². The first kappa shape index (κ1) is 17.7. The molecule has 0 aromatic rings. The van der Waals surface area contributed by atoms with E-state index in [9.17, 15) is 5.11 Å². The van der Waals surface area contributed by atoms with Gasteiger partial charge in [-0.2, -0.15) is 0 Å². The fraction of sp³-hybridized carbons (Fsp3) is 1.00.